The van der Waals surface area contributed by atoms with Crippen molar-refractivity contribution >= 4 is 28.6 Å². The molecule has 4 heteroatoms. The number of nitriles is 1. The molecule has 1 N–H and O–H groups in total. The van der Waals surface area contributed by atoms with Crippen molar-refractivity contribution in [3.63, 3.8) is 0 Å². The van der Waals surface area contributed by atoms with E-state index in [0.29, 0.717) is 5.56 Å². The Labute approximate surface area is 102 Å². The summed E-state index contributed by atoms with van der Waals surface area (Å²) in [7, 11) is 0. The molecule has 15 heavy (non-hydrogen) atoms. The van der Waals surface area contributed by atoms with Crippen LogP contribution in [0.3, 0.4) is 0 Å². The second kappa shape index (κ2) is 5.12. The maximum atomic E-state index is 10.6. The number of hydrogen-bond donors (Lipinski definition) is 1. The van der Waals surface area contributed by atoms with Crippen LogP contribution in [0.25, 0.3) is 0 Å². The lowest BCUT2D eigenvalue weighted by molar-refractivity contribution is -0.136. The van der Waals surface area contributed by atoms with Crippen LogP contribution in [0.5, 0.6) is 0 Å². The monoisotopic (exact) mass is 315 g/mol. The smallest absolute Gasteiger partial charge is 0.307 e. The van der Waals surface area contributed by atoms with E-state index in [4.69, 9.17) is 10.4 Å². The number of carboxylic acids is 1. The first-order chi connectivity index (χ1) is 7.08. The van der Waals surface area contributed by atoms with Crippen LogP contribution < -0.4 is 0 Å². The van der Waals surface area contributed by atoms with E-state index in [-0.39, 0.29) is 6.42 Å². The zero-order valence-corrected chi connectivity index (χ0v) is 10.4. The topological polar surface area (TPSA) is 61.1 Å². The fourth-order valence-corrected chi connectivity index (χ4v) is 2.05. The van der Waals surface area contributed by atoms with Gasteiger partial charge in [0, 0.05) is 3.57 Å². The Balaban J connectivity index is 3.23. The molecule has 0 fully saturated rings. The Morgan fingerprint density at radius 1 is 1.53 bits per heavy atom. The van der Waals surface area contributed by atoms with Gasteiger partial charge >= 0.3 is 5.97 Å². The highest BCUT2D eigenvalue weighted by molar-refractivity contribution is 14.1. The van der Waals surface area contributed by atoms with Gasteiger partial charge in [-0.25, -0.2) is 0 Å². The van der Waals surface area contributed by atoms with Gasteiger partial charge in [0.2, 0.25) is 0 Å². The van der Waals surface area contributed by atoms with Crippen LogP contribution in [0.15, 0.2) is 12.1 Å². The van der Waals surface area contributed by atoms with Crippen LogP contribution >= 0.6 is 22.6 Å². The second-order valence-electron chi connectivity index (χ2n) is 3.14. The lowest BCUT2D eigenvalue weighted by atomic mass is 10.00. The summed E-state index contributed by atoms with van der Waals surface area (Å²) in [4.78, 5) is 10.6. The van der Waals surface area contributed by atoms with Gasteiger partial charge in [-0.05, 0) is 52.3 Å². The molecule has 0 saturated heterocycles. The van der Waals surface area contributed by atoms with Gasteiger partial charge in [-0.1, -0.05) is 6.92 Å². The van der Waals surface area contributed by atoms with E-state index in [9.17, 15) is 4.79 Å². The van der Waals surface area contributed by atoms with Crippen LogP contribution in [0, 0.1) is 14.9 Å². The summed E-state index contributed by atoms with van der Waals surface area (Å²) in [5.74, 6) is -0.866. The Kier molecular flexibility index (Phi) is 4.09. The molecule has 0 amide bonds. The second-order valence-corrected chi connectivity index (χ2v) is 4.30. The standard InChI is InChI=1S/C11H10INO2/c1-2-7-4-10(12)9(6-13)3-8(7)5-11(14)15/h3-4H,2,5H2,1H3,(H,14,15). The van der Waals surface area contributed by atoms with Crippen molar-refractivity contribution in [2.75, 3.05) is 0 Å². The minimum absolute atomic E-state index is 0.0191. The van der Waals surface area contributed by atoms with E-state index in [2.05, 4.69) is 28.7 Å². The highest BCUT2D eigenvalue weighted by Crippen LogP contribution is 2.19. The SMILES string of the molecule is CCc1cc(I)c(C#N)cc1CC(=O)O. The van der Waals surface area contributed by atoms with Crippen LogP contribution in [0.4, 0.5) is 0 Å². The van der Waals surface area contributed by atoms with Gasteiger partial charge in [-0.3, -0.25) is 4.79 Å². The molecule has 0 unspecified atom stereocenters. The first-order valence-corrected chi connectivity index (χ1v) is 5.59. The third kappa shape index (κ3) is 2.93. The summed E-state index contributed by atoms with van der Waals surface area (Å²) in [6.07, 6.45) is 0.763. The highest BCUT2D eigenvalue weighted by Gasteiger charge is 2.09. The maximum Gasteiger partial charge on any atom is 0.307 e. The molecule has 0 aliphatic heterocycles. The Morgan fingerprint density at radius 3 is 2.67 bits per heavy atom. The molecule has 0 bridgehead atoms. The largest absolute Gasteiger partial charge is 0.481 e. The molecule has 0 radical (unpaired) electrons. The molecule has 3 nitrogen and oxygen atoms in total. The molecule has 0 aliphatic rings. The Hall–Kier alpha value is -1.09. The van der Waals surface area contributed by atoms with Gasteiger partial charge < -0.3 is 5.11 Å². The van der Waals surface area contributed by atoms with Crippen LogP contribution in [-0.2, 0) is 17.6 Å². The molecular weight excluding hydrogens is 305 g/mol. The predicted molar refractivity (Wildman–Crippen MR) is 64.6 cm³/mol. The zero-order chi connectivity index (χ0) is 11.4. The average molecular weight is 315 g/mol. The molecule has 1 aromatic carbocycles. The number of benzene rings is 1. The van der Waals surface area contributed by atoms with Crippen molar-refractivity contribution in [2.24, 2.45) is 0 Å². The number of nitrogens with zero attached hydrogens (tertiary/aromatic N) is 1. The first kappa shape index (κ1) is 12.0. The number of aryl methyl sites for hydroxylation is 1. The van der Waals surface area contributed by atoms with E-state index in [0.717, 1.165) is 21.1 Å². The molecular formula is C11H10INO2. The molecule has 0 aromatic heterocycles. The highest BCUT2D eigenvalue weighted by atomic mass is 127. The summed E-state index contributed by atoms with van der Waals surface area (Å²) < 4.78 is 0.876. The molecule has 0 heterocycles. The predicted octanol–water partition coefficient (Wildman–Crippen LogP) is 2.35. The first-order valence-electron chi connectivity index (χ1n) is 4.51. The molecule has 1 rings (SSSR count). The third-order valence-electron chi connectivity index (χ3n) is 2.13. The summed E-state index contributed by atoms with van der Waals surface area (Å²) in [6.45, 7) is 1.98. The van der Waals surface area contributed by atoms with Crippen LogP contribution in [0.1, 0.15) is 23.6 Å². The molecule has 1 aromatic rings. The normalized spacial score (nSPS) is 9.67. The molecule has 0 saturated carbocycles. The minimum atomic E-state index is -0.866. The number of aliphatic carboxylic acids is 1. The number of carbonyl (C=O) groups is 1. The van der Waals surface area contributed by atoms with Crippen molar-refractivity contribution < 1.29 is 9.90 Å². The van der Waals surface area contributed by atoms with Crippen molar-refractivity contribution in [3.8, 4) is 6.07 Å². The van der Waals surface area contributed by atoms with E-state index in [1.54, 1.807) is 6.07 Å². The quantitative estimate of drug-likeness (QED) is 0.871. The van der Waals surface area contributed by atoms with Crippen molar-refractivity contribution in [1.29, 1.82) is 5.26 Å². The number of halogens is 1. The number of rotatable bonds is 3. The molecule has 0 aliphatic carbocycles. The molecule has 78 valence electrons. The van der Waals surface area contributed by atoms with Gasteiger partial charge in [-0.15, -0.1) is 0 Å². The summed E-state index contributed by atoms with van der Waals surface area (Å²) >= 11 is 2.09. The molecule has 0 atom stereocenters. The minimum Gasteiger partial charge on any atom is -0.481 e. The zero-order valence-electron chi connectivity index (χ0n) is 8.25. The van der Waals surface area contributed by atoms with Gasteiger partial charge in [0.15, 0.2) is 0 Å². The van der Waals surface area contributed by atoms with E-state index < -0.39 is 5.97 Å². The van der Waals surface area contributed by atoms with Crippen molar-refractivity contribution in [1.82, 2.24) is 0 Å². The van der Waals surface area contributed by atoms with Crippen molar-refractivity contribution in [2.45, 2.75) is 19.8 Å². The third-order valence-corrected chi connectivity index (χ3v) is 3.02. The fraction of sp³-hybridized carbons (Fsp3) is 0.273. The van der Waals surface area contributed by atoms with E-state index >= 15 is 0 Å². The molecule has 0 spiro atoms. The Morgan fingerprint density at radius 2 is 2.20 bits per heavy atom. The van der Waals surface area contributed by atoms with Gasteiger partial charge in [0.05, 0.1) is 12.0 Å². The van der Waals surface area contributed by atoms with Crippen LogP contribution in [0.2, 0.25) is 0 Å². The van der Waals surface area contributed by atoms with Crippen LogP contribution in [-0.4, -0.2) is 11.1 Å². The Bertz CT molecular complexity index is 435. The average Bonchev–Trinajstić information content (AvgIpc) is 2.19. The van der Waals surface area contributed by atoms with Gasteiger partial charge in [0.1, 0.15) is 6.07 Å². The van der Waals surface area contributed by atoms with E-state index in [1.165, 1.54) is 0 Å². The fourth-order valence-electron chi connectivity index (χ4n) is 1.40. The van der Waals surface area contributed by atoms with Gasteiger partial charge in [0.25, 0.3) is 0 Å². The lowest BCUT2D eigenvalue weighted by Crippen LogP contribution is -2.04. The van der Waals surface area contributed by atoms with Gasteiger partial charge in [-0.2, -0.15) is 5.26 Å². The number of hydrogen-bond acceptors (Lipinski definition) is 2. The number of carboxylic acid groups (broad SMARTS) is 1. The van der Waals surface area contributed by atoms with E-state index in [1.807, 2.05) is 13.0 Å². The summed E-state index contributed by atoms with van der Waals surface area (Å²) in [6, 6.07) is 5.62. The lowest BCUT2D eigenvalue weighted by Gasteiger charge is -2.07. The maximum absolute atomic E-state index is 10.6. The summed E-state index contributed by atoms with van der Waals surface area (Å²) in [5, 5.41) is 17.6. The summed E-state index contributed by atoms with van der Waals surface area (Å²) in [5.41, 5.74) is 2.28. The van der Waals surface area contributed by atoms with Crippen molar-refractivity contribution in [3.05, 3.63) is 32.4 Å².